The first kappa shape index (κ1) is 24.0. The molecule has 0 aliphatic carbocycles. The summed E-state index contributed by atoms with van der Waals surface area (Å²) in [5, 5.41) is 3.13. The lowest BCUT2D eigenvalue weighted by Gasteiger charge is -2.24. The number of benzene rings is 2. The number of rotatable bonds is 13. The first-order valence-electron chi connectivity index (χ1n) is 11.8. The number of aryl methyl sites for hydroxylation is 2. The zero-order chi connectivity index (χ0) is 21.6. The summed E-state index contributed by atoms with van der Waals surface area (Å²) in [4.78, 5) is 15.0. The Kier molecular flexibility index (Phi) is 11.1. The van der Waals surface area contributed by atoms with Gasteiger partial charge in [0.2, 0.25) is 0 Å². The van der Waals surface area contributed by atoms with Gasteiger partial charge in [-0.2, -0.15) is 0 Å². The van der Waals surface area contributed by atoms with E-state index in [-0.39, 0.29) is 6.03 Å². The molecule has 0 aliphatic rings. The van der Waals surface area contributed by atoms with E-state index in [4.69, 9.17) is 0 Å². The minimum atomic E-state index is -0.00892. The van der Waals surface area contributed by atoms with Gasteiger partial charge in [0.05, 0.1) is 0 Å². The van der Waals surface area contributed by atoms with Gasteiger partial charge in [0, 0.05) is 18.8 Å². The maximum Gasteiger partial charge on any atom is 0.322 e. The Balaban J connectivity index is 1.85. The molecule has 3 heteroatoms. The molecule has 164 valence electrons. The third-order valence-corrected chi connectivity index (χ3v) is 5.66. The summed E-state index contributed by atoms with van der Waals surface area (Å²) in [5.41, 5.74) is 4.38. The summed E-state index contributed by atoms with van der Waals surface area (Å²) < 4.78 is 0. The van der Waals surface area contributed by atoms with E-state index >= 15 is 0 Å². The zero-order valence-electron chi connectivity index (χ0n) is 19.3. The molecular weight excluding hydrogens is 368 g/mol. The molecule has 0 heterocycles. The van der Waals surface area contributed by atoms with Gasteiger partial charge in [0.15, 0.2) is 0 Å². The van der Waals surface area contributed by atoms with Gasteiger partial charge < -0.3 is 10.2 Å². The number of unbranched alkanes of at least 4 members (excludes halogenated alkanes) is 8. The Morgan fingerprint density at radius 2 is 1.47 bits per heavy atom. The van der Waals surface area contributed by atoms with Gasteiger partial charge in [-0.1, -0.05) is 106 Å². The zero-order valence-corrected chi connectivity index (χ0v) is 19.3. The SMILES string of the molecule is CCCCCCCCCCCN(Cc1ccccc1)C(=O)Nc1ccc(C)cc1C. The van der Waals surface area contributed by atoms with Crippen LogP contribution in [0.3, 0.4) is 0 Å². The molecule has 2 amide bonds. The van der Waals surface area contributed by atoms with Crippen molar-refractivity contribution >= 4 is 11.7 Å². The molecule has 2 aromatic carbocycles. The highest BCUT2D eigenvalue weighted by molar-refractivity contribution is 5.90. The van der Waals surface area contributed by atoms with E-state index in [0.717, 1.165) is 24.2 Å². The molecule has 0 spiro atoms. The van der Waals surface area contributed by atoms with Gasteiger partial charge in [-0.3, -0.25) is 0 Å². The molecule has 0 saturated heterocycles. The van der Waals surface area contributed by atoms with Crippen LogP contribution in [0.1, 0.15) is 81.4 Å². The molecule has 2 rings (SSSR count). The van der Waals surface area contributed by atoms with Gasteiger partial charge >= 0.3 is 6.03 Å². The van der Waals surface area contributed by atoms with E-state index in [1.807, 2.05) is 42.2 Å². The summed E-state index contributed by atoms with van der Waals surface area (Å²) in [7, 11) is 0. The fourth-order valence-corrected chi connectivity index (χ4v) is 3.82. The Morgan fingerprint density at radius 3 is 2.10 bits per heavy atom. The molecule has 3 nitrogen and oxygen atoms in total. The topological polar surface area (TPSA) is 32.3 Å². The van der Waals surface area contributed by atoms with Crippen LogP contribution in [0.15, 0.2) is 48.5 Å². The van der Waals surface area contributed by atoms with Crippen LogP contribution >= 0.6 is 0 Å². The number of carbonyl (C=O) groups is 1. The maximum atomic E-state index is 13.0. The molecule has 0 bridgehead atoms. The average molecular weight is 409 g/mol. The second kappa shape index (κ2) is 13.8. The highest BCUT2D eigenvalue weighted by Crippen LogP contribution is 2.18. The second-order valence-corrected chi connectivity index (χ2v) is 8.48. The van der Waals surface area contributed by atoms with Crippen LogP contribution in [0.2, 0.25) is 0 Å². The van der Waals surface area contributed by atoms with Crippen molar-refractivity contribution in [3.05, 3.63) is 65.2 Å². The van der Waals surface area contributed by atoms with Crippen LogP contribution in [0.25, 0.3) is 0 Å². The number of hydrogen-bond donors (Lipinski definition) is 1. The van der Waals surface area contributed by atoms with Crippen LogP contribution in [-0.2, 0) is 6.54 Å². The molecule has 0 saturated carbocycles. The third-order valence-electron chi connectivity index (χ3n) is 5.66. The lowest BCUT2D eigenvalue weighted by molar-refractivity contribution is 0.207. The molecule has 0 radical (unpaired) electrons. The number of nitrogens with zero attached hydrogens (tertiary/aromatic N) is 1. The first-order chi connectivity index (χ1) is 14.6. The van der Waals surface area contributed by atoms with Crippen LogP contribution in [-0.4, -0.2) is 17.5 Å². The first-order valence-corrected chi connectivity index (χ1v) is 11.8. The second-order valence-electron chi connectivity index (χ2n) is 8.48. The Bertz CT molecular complexity index is 742. The van der Waals surface area contributed by atoms with Crippen molar-refractivity contribution in [3.63, 3.8) is 0 Å². The molecule has 0 atom stereocenters. The van der Waals surface area contributed by atoms with E-state index in [9.17, 15) is 4.79 Å². The number of hydrogen-bond acceptors (Lipinski definition) is 1. The molecule has 30 heavy (non-hydrogen) atoms. The van der Waals surface area contributed by atoms with Gasteiger partial charge in [0.25, 0.3) is 0 Å². The van der Waals surface area contributed by atoms with Gasteiger partial charge in [-0.15, -0.1) is 0 Å². The third kappa shape index (κ3) is 9.02. The number of nitrogens with one attached hydrogen (secondary N) is 1. The predicted octanol–water partition coefficient (Wildman–Crippen LogP) is 7.87. The van der Waals surface area contributed by atoms with E-state index in [0.29, 0.717) is 6.54 Å². The summed E-state index contributed by atoms with van der Waals surface area (Å²) >= 11 is 0. The van der Waals surface area contributed by atoms with E-state index in [1.54, 1.807) is 0 Å². The summed E-state index contributed by atoms with van der Waals surface area (Å²) in [6, 6.07) is 16.4. The average Bonchev–Trinajstić information content (AvgIpc) is 2.74. The van der Waals surface area contributed by atoms with Crippen molar-refractivity contribution in [3.8, 4) is 0 Å². The fraction of sp³-hybridized carbons (Fsp3) is 0.519. The molecule has 0 fully saturated rings. The lowest BCUT2D eigenvalue weighted by atomic mass is 10.1. The highest BCUT2D eigenvalue weighted by atomic mass is 16.2. The van der Waals surface area contributed by atoms with Crippen molar-refractivity contribution in [1.82, 2.24) is 4.90 Å². The van der Waals surface area contributed by atoms with Crippen LogP contribution in [0.4, 0.5) is 10.5 Å². The van der Waals surface area contributed by atoms with Crippen LogP contribution in [0.5, 0.6) is 0 Å². The molecule has 0 aliphatic heterocycles. The highest BCUT2D eigenvalue weighted by Gasteiger charge is 2.15. The lowest BCUT2D eigenvalue weighted by Crippen LogP contribution is -2.35. The minimum Gasteiger partial charge on any atom is -0.320 e. The van der Waals surface area contributed by atoms with Gasteiger partial charge in [-0.25, -0.2) is 4.79 Å². The van der Waals surface area contributed by atoms with Gasteiger partial charge in [-0.05, 0) is 37.5 Å². The van der Waals surface area contributed by atoms with Crippen molar-refractivity contribution in [2.75, 3.05) is 11.9 Å². The van der Waals surface area contributed by atoms with Crippen LogP contribution in [0, 0.1) is 13.8 Å². The molecule has 0 unspecified atom stereocenters. The Hall–Kier alpha value is -2.29. The van der Waals surface area contributed by atoms with Gasteiger partial charge in [0.1, 0.15) is 0 Å². The molecule has 1 N–H and O–H groups in total. The number of amides is 2. The smallest absolute Gasteiger partial charge is 0.320 e. The van der Waals surface area contributed by atoms with E-state index in [2.05, 4.69) is 37.4 Å². The molecular formula is C27H40N2O. The summed E-state index contributed by atoms with van der Waals surface area (Å²) in [6.45, 7) is 7.82. The predicted molar refractivity (Wildman–Crippen MR) is 129 cm³/mol. The minimum absolute atomic E-state index is 0.00892. The van der Waals surface area contributed by atoms with Crippen molar-refractivity contribution in [1.29, 1.82) is 0 Å². The summed E-state index contributed by atoms with van der Waals surface area (Å²) in [6.07, 6.45) is 11.6. The van der Waals surface area contributed by atoms with E-state index < -0.39 is 0 Å². The maximum absolute atomic E-state index is 13.0. The standard InChI is InChI=1S/C27H40N2O/c1-4-5-6-7-8-9-10-11-15-20-29(22-25-16-13-12-14-17-25)27(30)28-26-19-18-23(2)21-24(26)3/h12-14,16-19,21H,4-11,15,20,22H2,1-3H3,(H,28,30). The quantitative estimate of drug-likeness (QED) is 0.336. The van der Waals surface area contributed by atoms with Crippen LogP contribution < -0.4 is 5.32 Å². The normalized spacial score (nSPS) is 10.8. The number of carbonyl (C=O) groups excluding carboxylic acids is 1. The Morgan fingerprint density at radius 1 is 0.833 bits per heavy atom. The van der Waals surface area contributed by atoms with Crippen molar-refractivity contribution < 1.29 is 4.79 Å². The van der Waals surface area contributed by atoms with Crippen molar-refractivity contribution in [2.45, 2.75) is 85.1 Å². The largest absolute Gasteiger partial charge is 0.322 e. The number of anilines is 1. The summed E-state index contributed by atoms with van der Waals surface area (Å²) in [5.74, 6) is 0. The number of urea groups is 1. The fourth-order valence-electron chi connectivity index (χ4n) is 3.82. The van der Waals surface area contributed by atoms with E-state index in [1.165, 1.54) is 62.5 Å². The molecule has 0 aromatic heterocycles. The van der Waals surface area contributed by atoms with Crippen molar-refractivity contribution in [2.24, 2.45) is 0 Å². The monoisotopic (exact) mass is 408 g/mol. The molecule has 2 aromatic rings. The Labute approximate surface area is 183 Å².